The van der Waals surface area contributed by atoms with Crippen molar-refractivity contribution in [1.82, 2.24) is 4.98 Å². The van der Waals surface area contributed by atoms with Crippen molar-refractivity contribution < 1.29 is 14.3 Å². The third-order valence-electron chi connectivity index (χ3n) is 1.69. The number of hydrogen-bond donors (Lipinski definition) is 0. The molecule has 0 aliphatic heterocycles. The van der Waals surface area contributed by atoms with Gasteiger partial charge in [-0.15, -0.1) is 0 Å². The topological polar surface area (TPSA) is 48.4 Å². The predicted octanol–water partition coefficient (Wildman–Crippen LogP) is 2.21. The van der Waals surface area contributed by atoms with E-state index < -0.39 is 0 Å². The number of esters is 1. The molecule has 0 N–H and O–H groups in total. The molecule has 0 amide bonds. The number of aryl methyl sites for hydroxylation is 1. The zero-order valence-electron chi connectivity index (χ0n) is 9.83. The molecule has 1 aromatic rings. The van der Waals surface area contributed by atoms with Crippen LogP contribution >= 0.6 is 0 Å². The Labute approximate surface area is 90.2 Å². The number of hydrogen-bond acceptors (Lipinski definition) is 4. The Morgan fingerprint density at radius 3 is 2.40 bits per heavy atom. The zero-order valence-corrected chi connectivity index (χ0v) is 9.83. The standard InChI is InChI=1S/C9H11NO3.C2H6/c1-6-5-10-8(12-2)4-7(6)9(11)13-3;1-2/h4-5H,1-3H3;1-2H3. The van der Waals surface area contributed by atoms with Gasteiger partial charge in [-0.2, -0.15) is 0 Å². The summed E-state index contributed by atoms with van der Waals surface area (Å²) in [6.07, 6.45) is 1.57. The highest BCUT2D eigenvalue weighted by molar-refractivity contribution is 5.91. The van der Waals surface area contributed by atoms with Crippen molar-refractivity contribution in [3.8, 4) is 5.88 Å². The number of carbonyl (C=O) groups excluding carboxylic acids is 1. The molecule has 0 saturated heterocycles. The van der Waals surface area contributed by atoms with Crippen LogP contribution in [0, 0.1) is 6.92 Å². The maximum Gasteiger partial charge on any atom is 0.338 e. The molecular weight excluding hydrogens is 194 g/mol. The summed E-state index contributed by atoms with van der Waals surface area (Å²) in [7, 11) is 2.84. The Morgan fingerprint density at radius 2 is 1.93 bits per heavy atom. The molecule has 4 nitrogen and oxygen atoms in total. The molecule has 15 heavy (non-hydrogen) atoms. The van der Waals surface area contributed by atoms with Crippen LogP contribution in [0.25, 0.3) is 0 Å². The lowest BCUT2D eigenvalue weighted by atomic mass is 10.1. The van der Waals surface area contributed by atoms with Gasteiger partial charge in [-0.25, -0.2) is 9.78 Å². The third kappa shape index (κ3) is 3.58. The summed E-state index contributed by atoms with van der Waals surface area (Å²) in [5.41, 5.74) is 1.25. The summed E-state index contributed by atoms with van der Waals surface area (Å²) in [6, 6.07) is 1.56. The lowest BCUT2D eigenvalue weighted by Gasteiger charge is -2.04. The van der Waals surface area contributed by atoms with Gasteiger partial charge in [-0.1, -0.05) is 13.8 Å². The van der Waals surface area contributed by atoms with Crippen molar-refractivity contribution in [3.63, 3.8) is 0 Å². The highest BCUT2D eigenvalue weighted by atomic mass is 16.5. The second-order valence-corrected chi connectivity index (χ2v) is 2.53. The molecule has 1 rings (SSSR count). The molecule has 1 aromatic heterocycles. The molecule has 0 atom stereocenters. The summed E-state index contributed by atoms with van der Waals surface area (Å²) < 4.78 is 9.48. The first-order valence-electron chi connectivity index (χ1n) is 4.78. The smallest absolute Gasteiger partial charge is 0.338 e. The van der Waals surface area contributed by atoms with Gasteiger partial charge < -0.3 is 9.47 Å². The fraction of sp³-hybridized carbons (Fsp3) is 0.455. The van der Waals surface area contributed by atoms with E-state index in [4.69, 9.17) is 4.74 Å². The van der Waals surface area contributed by atoms with Gasteiger partial charge in [0.15, 0.2) is 0 Å². The average Bonchev–Trinajstić information content (AvgIpc) is 2.31. The van der Waals surface area contributed by atoms with Crippen LogP contribution < -0.4 is 4.74 Å². The van der Waals surface area contributed by atoms with E-state index >= 15 is 0 Å². The summed E-state index contributed by atoms with van der Waals surface area (Å²) in [5.74, 6) is 0.0317. The SMILES string of the molecule is CC.COC(=O)c1cc(OC)ncc1C. The van der Waals surface area contributed by atoms with Crippen molar-refractivity contribution in [1.29, 1.82) is 0 Å². The molecule has 0 radical (unpaired) electrons. The van der Waals surface area contributed by atoms with Crippen LogP contribution in [0.1, 0.15) is 29.8 Å². The lowest BCUT2D eigenvalue weighted by Crippen LogP contribution is -2.04. The summed E-state index contributed by atoms with van der Waals surface area (Å²) >= 11 is 0. The van der Waals surface area contributed by atoms with Gasteiger partial charge in [-0.3, -0.25) is 0 Å². The molecule has 0 saturated carbocycles. The summed E-state index contributed by atoms with van der Waals surface area (Å²) in [5, 5.41) is 0. The van der Waals surface area contributed by atoms with E-state index in [1.807, 2.05) is 13.8 Å². The van der Waals surface area contributed by atoms with Crippen LogP contribution in [-0.4, -0.2) is 25.2 Å². The normalized spacial score (nSPS) is 8.60. The number of carbonyl (C=O) groups is 1. The van der Waals surface area contributed by atoms with E-state index in [9.17, 15) is 4.79 Å². The van der Waals surface area contributed by atoms with Crippen molar-refractivity contribution >= 4 is 5.97 Å². The summed E-state index contributed by atoms with van der Waals surface area (Å²) in [4.78, 5) is 15.1. The van der Waals surface area contributed by atoms with Crippen LogP contribution in [-0.2, 0) is 4.74 Å². The molecule has 0 aliphatic carbocycles. The van der Waals surface area contributed by atoms with Crippen molar-refractivity contribution in [3.05, 3.63) is 23.4 Å². The van der Waals surface area contributed by atoms with Gasteiger partial charge in [0.1, 0.15) is 0 Å². The maximum absolute atomic E-state index is 11.2. The number of methoxy groups -OCH3 is 2. The van der Waals surface area contributed by atoms with Crippen LogP contribution in [0.3, 0.4) is 0 Å². The minimum atomic E-state index is -0.377. The van der Waals surface area contributed by atoms with Crippen LogP contribution in [0.15, 0.2) is 12.3 Å². The fourth-order valence-corrected chi connectivity index (χ4v) is 0.946. The molecule has 1 heterocycles. The Morgan fingerprint density at radius 1 is 1.33 bits per heavy atom. The summed E-state index contributed by atoms with van der Waals surface area (Å²) in [6.45, 7) is 5.79. The molecule has 84 valence electrons. The number of aromatic nitrogens is 1. The zero-order chi connectivity index (χ0) is 11.8. The van der Waals surface area contributed by atoms with E-state index in [-0.39, 0.29) is 5.97 Å². The second-order valence-electron chi connectivity index (χ2n) is 2.53. The Kier molecular flexibility index (Phi) is 6.09. The van der Waals surface area contributed by atoms with Crippen molar-refractivity contribution in [2.75, 3.05) is 14.2 Å². The number of rotatable bonds is 2. The van der Waals surface area contributed by atoms with E-state index in [1.54, 1.807) is 19.2 Å². The van der Waals surface area contributed by atoms with E-state index in [0.29, 0.717) is 11.4 Å². The Balaban J connectivity index is 0.000000921. The average molecular weight is 211 g/mol. The molecule has 0 aromatic carbocycles. The van der Waals surface area contributed by atoms with Crippen LogP contribution in [0.4, 0.5) is 0 Å². The first-order valence-corrected chi connectivity index (χ1v) is 4.78. The number of ether oxygens (including phenoxy) is 2. The largest absolute Gasteiger partial charge is 0.481 e. The Hall–Kier alpha value is -1.58. The lowest BCUT2D eigenvalue weighted by molar-refractivity contribution is 0.0599. The first-order chi connectivity index (χ1) is 7.19. The minimum absolute atomic E-state index is 0.377. The second kappa shape index (κ2) is 6.81. The number of nitrogens with zero attached hydrogens (tertiary/aromatic N) is 1. The quantitative estimate of drug-likeness (QED) is 0.704. The van der Waals surface area contributed by atoms with Gasteiger partial charge in [-0.05, 0) is 12.5 Å². The molecule has 0 spiro atoms. The van der Waals surface area contributed by atoms with E-state index in [0.717, 1.165) is 5.56 Å². The predicted molar refractivity (Wildman–Crippen MR) is 58.2 cm³/mol. The molecule has 0 fully saturated rings. The first kappa shape index (κ1) is 13.4. The van der Waals surface area contributed by atoms with Crippen molar-refractivity contribution in [2.24, 2.45) is 0 Å². The minimum Gasteiger partial charge on any atom is -0.481 e. The van der Waals surface area contributed by atoms with Crippen molar-refractivity contribution in [2.45, 2.75) is 20.8 Å². The van der Waals surface area contributed by atoms with Gasteiger partial charge >= 0.3 is 5.97 Å². The molecular formula is C11H17NO3. The highest BCUT2D eigenvalue weighted by Gasteiger charge is 2.10. The van der Waals surface area contributed by atoms with E-state index in [1.165, 1.54) is 14.2 Å². The van der Waals surface area contributed by atoms with E-state index in [2.05, 4.69) is 9.72 Å². The molecule has 0 unspecified atom stereocenters. The van der Waals surface area contributed by atoms with Gasteiger partial charge in [0.2, 0.25) is 5.88 Å². The van der Waals surface area contributed by atoms with Gasteiger partial charge in [0.25, 0.3) is 0 Å². The fourth-order valence-electron chi connectivity index (χ4n) is 0.946. The third-order valence-corrected chi connectivity index (χ3v) is 1.69. The van der Waals surface area contributed by atoms with Crippen LogP contribution in [0.2, 0.25) is 0 Å². The number of pyridine rings is 1. The van der Waals surface area contributed by atoms with Gasteiger partial charge in [0, 0.05) is 12.3 Å². The van der Waals surface area contributed by atoms with Crippen LogP contribution in [0.5, 0.6) is 5.88 Å². The molecule has 0 bridgehead atoms. The molecule has 4 heteroatoms. The maximum atomic E-state index is 11.2. The highest BCUT2D eigenvalue weighted by Crippen LogP contribution is 2.14. The Bertz CT molecular complexity index is 324. The molecule has 0 aliphatic rings. The monoisotopic (exact) mass is 211 g/mol. The van der Waals surface area contributed by atoms with Gasteiger partial charge in [0.05, 0.1) is 19.8 Å².